The highest BCUT2D eigenvalue weighted by Gasteiger charge is 2.31. The first-order valence-electron chi connectivity index (χ1n) is 8.55. The lowest BCUT2D eigenvalue weighted by molar-refractivity contribution is 0.352. The van der Waals surface area contributed by atoms with Crippen molar-refractivity contribution in [1.82, 2.24) is 14.8 Å². The number of anilines is 2. The number of halogens is 1. The molecule has 1 aromatic heterocycles. The minimum atomic E-state index is -0.265. The van der Waals surface area contributed by atoms with Crippen molar-refractivity contribution in [3.05, 3.63) is 59.4 Å². The molecule has 8 heteroatoms. The van der Waals surface area contributed by atoms with Crippen LogP contribution in [0.5, 0.6) is 11.5 Å². The molecule has 4 rings (SSSR count). The number of ether oxygens (including phenoxy) is 2. The molecule has 0 aliphatic carbocycles. The number of nitrogens with two attached hydrogens (primary N) is 1. The van der Waals surface area contributed by atoms with Crippen molar-refractivity contribution in [2.75, 3.05) is 25.3 Å². The van der Waals surface area contributed by atoms with E-state index in [0.29, 0.717) is 23.9 Å². The van der Waals surface area contributed by atoms with Crippen molar-refractivity contribution in [2.45, 2.75) is 18.5 Å². The summed E-state index contributed by atoms with van der Waals surface area (Å²) in [4.78, 5) is 4.29. The van der Waals surface area contributed by atoms with Gasteiger partial charge >= 0.3 is 0 Å². The van der Waals surface area contributed by atoms with Crippen molar-refractivity contribution < 1.29 is 13.9 Å². The molecule has 0 fully saturated rings. The molecule has 0 radical (unpaired) electrons. The quantitative estimate of drug-likeness (QED) is 0.735. The fourth-order valence-corrected chi connectivity index (χ4v) is 3.45. The molecule has 2 aromatic carbocycles. The Morgan fingerprint density at radius 3 is 2.48 bits per heavy atom. The van der Waals surface area contributed by atoms with Gasteiger partial charge in [-0.1, -0.05) is 18.2 Å². The summed E-state index contributed by atoms with van der Waals surface area (Å²) < 4.78 is 25.8. The van der Waals surface area contributed by atoms with Gasteiger partial charge in [0.1, 0.15) is 5.82 Å². The molecule has 0 spiro atoms. The van der Waals surface area contributed by atoms with Crippen LogP contribution >= 0.6 is 0 Å². The fraction of sp³-hybridized carbons (Fsp3) is 0.263. The highest BCUT2D eigenvalue weighted by molar-refractivity contribution is 5.47. The van der Waals surface area contributed by atoms with Gasteiger partial charge in [0, 0.05) is 0 Å². The molecule has 0 amide bonds. The summed E-state index contributed by atoms with van der Waals surface area (Å²) in [6.45, 7) is 0. The van der Waals surface area contributed by atoms with E-state index in [2.05, 4.69) is 15.4 Å². The van der Waals surface area contributed by atoms with Gasteiger partial charge in [-0.3, -0.25) is 0 Å². The molecule has 1 aliphatic rings. The highest BCUT2D eigenvalue weighted by Crippen LogP contribution is 2.40. The van der Waals surface area contributed by atoms with Gasteiger partial charge < -0.3 is 20.5 Å². The minimum absolute atomic E-state index is 0.0557. The highest BCUT2D eigenvalue weighted by atomic mass is 19.1. The lowest BCUT2D eigenvalue weighted by Crippen LogP contribution is -2.28. The SMILES string of the molecule is COc1ccc([C@@H]2C[C@H](c3ccc(F)cc3)Nc3nc(N)nn32)cc1OC. The number of hydrogen-bond acceptors (Lipinski definition) is 6. The fourth-order valence-electron chi connectivity index (χ4n) is 3.45. The third-order valence-electron chi connectivity index (χ3n) is 4.77. The molecule has 0 unspecified atom stereocenters. The number of nitrogen functional groups attached to an aromatic ring is 1. The van der Waals surface area contributed by atoms with Crippen LogP contribution in [0.1, 0.15) is 29.6 Å². The van der Waals surface area contributed by atoms with Crippen LogP contribution in [-0.4, -0.2) is 29.0 Å². The number of fused-ring (bicyclic) bond motifs is 1. The van der Waals surface area contributed by atoms with Crippen LogP contribution in [0, 0.1) is 5.82 Å². The third kappa shape index (κ3) is 3.14. The van der Waals surface area contributed by atoms with E-state index in [4.69, 9.17) is 15.2 Å². The van der Waals surface area contributed by atoms with Gasteiger partial charge in [0.2, 0.25) is 11.9 Å². The Bertz CT molecular complexity index is 957. The number of benzene rings is 2. The molecule has 0 bridgehead atoms. The zero-order valence-electron chi connectivity index (χ0n) is 15.0. The van der Waals surface area contributed by atoms with Crippen LogP contribution in [0.15, 0.2) is 42.5 Å². The Balaban J connectivity index is 1.75. The summed E-state index contributed by atoms with van der Waals surface area (Å²) >= 11 is 0. The summed E-state index contributed by atoms with van der Waals surface area (Å²) in [5.41, 5.74) is 7.79. The largest absolute Gasteiger partial charge is 0.493 e. The van der Waals surface area contributed by atoms with Crippen LogP contribution in [0.25, 0.3) is 0 Å². The lowest BCUT2D eigenvalue weighted by Gasteiger charge is -2.32. The first-order valence-corrected chi connectivity index (χ1v) is 8.55. The van der Waals surface area contributed by atoms with Crippen molar-refractivity contribution in [1.29, 1.82) is 0 Å². The van der Waals surface area contributed by atoms with Gasteiger partial charge in [-0.05, 0) is 41.8 Å². The Kier molecular flexibility index (Phi) is 4.31. The average Bonchev–Trinajstić information content (AvgIpc) is 3.07. The van der Waals surface area contributed by atoms with Gasteiger partial charge in [-0.2, -0.15) is 4.98 Å². The van der Waals surface area contributed by atoms with Gasteiger partial charge in [0.15, 0.2) is 11.5 Å². The van der Waals surface area contributed by atoms with E-state index in [-0.39, 0.29) is 23.8 Å². The average molecular weight is 369 g/mol. The van der Waals surface area contributed by atoms with Crippen molar-refractivity contribution in [3.8, 4) is 11.5 Å². The van der Waals surface area contributed by atoms with E-state index < -0.39 is 0 Å². The van der Waals surface area contributed by atoms with Crippen molar-refractivity contribution >= 4 is 11.9 Å². The molecule has 1 aliphatic heterocycles. The summed E-state index contributed by atoms with van der Waals surface area (Å²) in [6.07, 6.45) is 0.691. The zero-order valence-corrected chi connectivity index (χ0v) is 15.0. The Hall–Kier alpha value is -3.29. The van der Waals surface area contributed by atoms with Gasteiger partial charge in [-0.15, -0.1) is 5.10 Å². The summed E-state index contributed by atoms with van der Waals surface area (Å²) in [5, 5.41) is 7.67. The lowest BCUT2D eigenvalue weighted by atomic mass is 9.93. The van der Waals surface area contributed by atoms with Crippen LogP contribution in [-0.2, 0) is 0 Å². The molecule has 0 saturated heterocycles. The summed E-state index contributed by atoms with van der Waals surface area (Å²) in [7, 11) is 3.20. The third-order valence-corrected chi connectivity index (χ3v) is 4.77. The number of aromatic nitrogens is 3. The summed E-state index contributed by atoms with van der Waals surface area (Å²) in [5.74, 6) is 1.80. The standard InChI is InChI=1S/C19H20FN5O2/c1-26-16-8-5-12(9-17(16)27-2)15-10-14(11-3-6-13(20)7-4-11)22-19-23-18(21)24-25(15)19/h3-9,14-15H,10H2,1-2H3,(H3,21,22,23,24)/t14-,15+/m1/s1. The number of nitrogens with one attached hydrogen (secondary N) is 1. The van der Waals surface area contributed by atoms with Crippen LogP contribution < -0.4 is 20.5 Å². The second-order valence-corrected chi connectivity index (χ2v) is 6.35. The molecule has 2 atom stereocenters. The molecule has 2 heterocycles. The van der Waals surface area contributed by atoms with Gasteiger partial charge in [-0.25, -0.2) is 9.07 Å². The van der Waals surface area contributed by atoms with E-state index >= 15 is 0 Å². The molecule has 3 N–H and O–H groups in total. The van der Waals surface area contributed by atoms with Crippen molar-refractivity contribution in [2.24, 2.45) is 0 Å². The van der Waals surface area contributed by atoms with E-state index in [1.165, 1.54) is 12.1 Å². The summed E-state index contributed by atoms with van der Waals surface area (Å²) in [6, 6.07) is 12.1. The first kappa shape index (κ1) is 17.1. The van der Waals surface area contributed by atoms with Gasteiger partial charge in [0.05, 0.1) is 26.3 Å². The molecule has 7 nitrogen and oxygen atoms in total. The maximum absolute atomic E-state index is 13.3. The van der Waals surface area contributed by atoms with E-state index in [1.54, 1.807) is 31.0 Å². The van der Waals surface area contributed by atoms with E-state index in [0.717, 1.165) is 11.1 Å². The van der Waals surface area contributed by atoms with Gasteiger partial charge in [0.25, 0.3) is 0 Å². The number of hydrogen-bond donors (Lipinski definition) is 2. The Morgan fingerprint density at radius 2 is 1.78 bits per heavy atom. The minimum Gasteiger partial charge on any atom is -0.493 e. The smallest absolute Gasteiger partial charge is 0.241 e. The molecule has 0 saturated carbocycles. The Labute approximate surface area is 155 Å². The predicted molar refractivity (Wildman–Crippen MR) is 99.5 cm³/mol. The zero-order chi connectivity index (χ0) is 19.0. The normalized spacial score (nSPS) is 18.5. The number of rotatable bonds is 4. The topological polar surface area (TPSA) is 87.2 Å². The molecule has 27 heavy (non-hydrogen) atoms. The van der Waals surface area contributed by atoms with Crippen LogP contribution in [0.4, 0.5) is 16.3 Å². The molecule has 3 aromatic rings. The monoisotopic (exact) mass is 369 g/mol. The maximum atomic E-state index is 13.3. The van der Waals surface area contributed by atoms with Crippen LogP contribution in [0.3, 0.4) is 0 Å². The molecule has 140 valence electrons. The molecular weight excluding hydrogens is 349 g/mol. The second-order valence-electron chi connectivity index (χ2n) is 6.35. The van der Waals surface area contributed by atoms with E-state index in [9.17, 15) is 4.39 Å². The predicted octanol–water partition coefficient (Wildman–Crippen LogP) is 3.16. The van der Waals surface area contributed by atoms with Crippen LogP contribution in [0.2, 0.25) is 0 Å². The Morgan fingerprint density at radius 1 is 1.07 bits per heavy atom. The molecular formula is C19H20FN5O2. The number of nitrogens with zero attached hydrogens (tertiary/aromatic N) is 3. The maximum Gasteiger partial charge on any atom is 0.241 e. The first-order chi connectivity index (χ1) is 13.1. The van der Waals surface area contributed by atoms with E-state index in [1.807, 2.05) is 18.2 Å². The van der Waals surface area contributed by atoms with Crippen molar-refractivity contribution in [3.63, 3.8) is 0 Å². The number of methoxy groups -OCH3 is 2. The second kappa shape index (κ2) is 6.79.